The Morgan fingerprint density at radius 3 is 2.10 bits per heavy atom. The number of nitrogens with one attached hydrogen (secondary N) is 2. The van der Waals surface area contributed by atoms with Gasteiger partial charge in [0.2, 0.25) is 17.7 Å². The molecule has 1 rings (SSSR count). The van der Waals surface area contributed by atoms with Crippen LogP contribution < -0.4 is 27.8 Å². The quantitative estimate of drug-likeness (QED) is 0.174. The molecule has 172 valence electrons. The summed E-state index contributed by atoms with van der Waals surface area (Å²) >= 11 is 0. The zero-order chi connectivity index (χ0) is 23.4. The van der Waals surface area contributed by atoms with Crippen molar-refractivity contribution in [2.24, 2.45) is 17.2 Å². The molecule has 0 radical (unpaired) electrons. The van der Waals surface area contributed by atoms with E-state index in [0.717, 1.165) is 5.56 Å². The van der Waals surface area contributed by atoms with Gasteiger partial charge in [-0.15, -0.1) is 0 Å². The van der Waals surface area contributed by atoms with Gasteiger partial charge in [0.15, 0.2) is 0 Å². The number of unbranched alkanes of at least 4 members (excludes halogenated alkanes) is 1. The van der Waals surface area contributed by atoms with E-state index in [1.807, 2.05) is 0 Å². The Morgan fingerprint density at radius 2 is 1.55 bits per heavy atom. The fourth-order valence-electron chi connectivity index (χ4n) is 2.84. The van der Waals surface area contributed by atoms with Crippen molar-refractivity contribution in [2.75, 3.05) is 6.54 Å². The van der Waals surface area contributed by atoms with Crippen LogP contribution in [0.2, 0.25) is 0 Å². The van der Waals surface area contributed by atoms with Gasteiger partial charge in [-0.2, -0.15) is 0 Å². The zero-order valence-electron chi connectivity index (χ0n) is 17.3. The van der Waals surface area contributed by atoms with E-state index >= 15 is 0 Å². The van der Waals surface area contributed by atoms with Crippen LogP contribution in [0, 0.1) is 0 Å². The normalized spacial score (nSPS) is 13.6. The molecule has 0 spiro atoms. The van der Waals surface area contributed by atoms with Gasteiger partial charge in [-0.3, -0.25) is 14.4 Å². The Hall–Kier alpha value is -3.18. The van der Waals surface area contributed by atoms with Crippen molar-refractivity contribution in [3.8, 4) is 5.75 Å². The first-order valence-corrected chi connectivity index (χ1v) is 9.99. The molecule has 11 nitrogen and oxygen atoms in total. The molecule has 31 heavy (non-hydrogen) atoms. The SMILES string of the molecule is NCCCCC(NC(=O)C(N)Cc1ccc(O)cc1)C(=O)NC(CCC(N)=O)C(=O)O. The molecule has 1 aromatic carbocycles. The molecule has 0 saturated carbocycles. The third-order valence-corrected chi connectivity index (χ3v) is 4.60. The number of carbonyl (C=O) groups is 4. The molecule has 0 aliphatic heterocycles. The maximum Gasteiger partial charge on any atom is 0.326 e. The third-order valence-electron chi connectivity index (χ3n) is 4.60. The largest absolute Gasteiger partial charge is 0.508 e. The van der Waals surface area contributed by atoms with Crippen molar-refractivity contribution in [2.45, 2.75) is 56.7 Å². The highest BCUT2D eigenvalue weighted by atomic mass is 16.4. The molecule has 0 aliphatic carbocycles. The Balaban J connectivity index is 2.79. The van der Waals surface area contributed by atoms with Gasteiger partial charge in [0, 0.05) is 6.42 Å². The first-order chi connectivity index (χ1) is 14.6. The summed E-state index contributed by atoms with van der Waals surface area (Å²) in [7, 11) is 0. The smallest absolute Gasteiger partial charge is 0.326 e. The molecule has 0 aromatic heterocycles. The molecular formula is C20H31N5O6. The van der Waals surface area contributed by atoms with Gasteiger partial charge in [0.1, 0.15) is 17.8 Å². The molecular weight excluding hydrogens is 406 g/mol. The van der Waals surface area contributed by atoms with E-state index in [-0.39, 0.29) is 31.4 Å². The molecule has 0 saturated heterocycles. The summed E-state index contributed by atoms with van der Waals surface area (Å²) in [5, 5.41) is 23.5. The molecule has 0 bridgehead atoms. The molecule has 11 heteroatoms. The van der Waals surface area contributed by atoms with Gasteiger partial charge in [-0.1, -0.05) is 12.1 Å². The van der Waals surface area contributed by atoms with Gasteiger partial charge >= 0.3 is 5.97 Å². The van der Waals surface area contributed by atoms with Crippen LogP contribution in [0.1, 0.15) is 37.7 Å². The summed E-state index contributed by atoms with van der Waals surface area (Å²) in [4.78, 5) is 47.5. The number of phenolic OH excluding ortho intramolecular Hbond substituents is 1. The standard InChI is InChI=1S/C20H31N5O6/c21-10-2-1-3-15(19(29)25-16(20(30)31)8-9-17(23)27)24-18(28)14(22)11-12-4-6-13(26)7-5-12/h4-7,14-16,26H,1-3,8-11,21-22H2,(H2,23,27)(H,24,28)(H,25,29)(H,30,31). The van der Waals surface area contributed by atoms with Crippen molar-refractivity contribution in [1.29, 1.82) is 0 Å². The predicted molar refractivity (Wildman–Crippen MR) is 113 cm³/mol. The van der Waals surface area contributed by atoms with E-state index in [1.165, 1.54) is 12.1 Å². The number of hydrogen-bond donors (Lipinski definition) is 7. The summed E-state index contributed by atoms with van der Waals surface area (Å²) < 4.78 is 0. The van der Waals surface area contributed by atoms with Crippen LogP contribution in [0.4, 0.5) is 0 Å². The van der Waals surface area contributed by atoms with Gasteiger partial charge in [0.25, 0.3) is 0 Å². The molecule has 3 atom stereocenters. The van der Waals surface area contributed by atoms with E-state index in [1.54, 1.807) is 12.1 Å². The van der Waals surface area contributed by atoms with E-state index < -0.39 is 41.8 Å². The predicted octanol–water partition coefficient (Wildman–Crippen LogP) is -1.29. The van der Waals surface area contributed by atoms with Crippen molar-refractivity contribution in [1.82, 2.24) is 10.6 Å². The Kier molecular flexibility index (Phi) is 11.0. The van der Waals surface area contributed by atoms with Gasteiger partial charge in [0.05, 0.1) is 6.04 Å². The summed E-state index contributed by atoms with van der Waals surface area (Å²) in [5.41, 5.74) is 17.2. The Labute approximate surface area is 180 Å². The van der Waals surface area contributed by atoms with Crippen LogP contribution in [0.3, 0.4) is 0 Å². The number of carboxylic acid groups (broad SMARTS) is 1. The lowest BCUT2D eigenvalue weighted by molar-refractivity contribution is -0.142. The Morgan fingerprint density at radius 1 is 0.935 bits per heavy atom. The molecule has 3 amide bonds. The lowest BCUT2D eigenvalue weighted by atomic mass is 10.0. The number of amides is 3. The van der Waals surface area contributed by atoms with Crippen LogP contribution in [-0.4, -0.2) is 58.6 Å². The fourth-order valence-corrected chi connectivity index (χ4v) is 2.84. The number of primary amides is 1. The second-order valence-electron chi connectivity index (χ2n) is 7.23. The number of rotatable bonds is 14. The molecule has 1 aromatic rings. The number of hydrogen-bond acceptors (Lipinski definition) is 7. The van der Waals surface area contributed by atoms with E-state index in [2.05, 4.69) is 10.6 Å². The Bertz CT molecular complexity index is 755. The molecule has 10 N–H and O–H groups in total. The van der Waals surface area contributed by atoms with Crippen LogP contribution in [0.5, 0.6) is 5.75 Å². The number of aliphatic carboxylic acids is 1. The summed E-state index contributed by atoms with van der Waals surface area (Å²) in [6.45, 7) is 0.402. The van der Waals surface area contributed by atoms with Crippen LogP contribution in [0.25, 0.3) is 0 Å². The molecule has 0 fully saturated rings. The van der Waals surface area contributed by atoms with Crippen LogP contribution in [0.15, 0.2) is 24.3 Å². The first kappa shape index (κ1) is 25.9. The first-order valence-electron chi connectivity index (χ1n) is 9.99. The van der Waals surface area contributed by atoms with Crippen molar-refractivity contribution < 1.29 is 29.4 Å². The number of carbonyl (C=O) groups excluding carboxylic acids is 3. The van der Waals surface area contributed by atoms with Gasteiger partial charge in [-0.05, 0) is 56.3 Å². The van der Waals surface area contributed by atoms with E-state index in [9.17, 15) is 29.4 Å². The molecule has 0 heterocycles. The summed E-state index contributed by atoms with van der Waals surface area (Å²) in [6.07, 6.45) is 1.19. The van der Waals surface area contributed by atoms with Gasteiger partial charge in [-0.25, -0.2) is 4.79 Å². The monoisotopic (exact) mass is 437 g/mol. The van der Waals surface area contributed by atoms with Gasteiger partial charge < -0.3 is 38.0 Å². The van der Waals surface area contributed by atoms with Crippen molar-refractivity contribution in [3.05, 3.63) is 29.8 Å². The second-order valence-corrected chi connectivity index (χ2v) is 7.23. The number of nitrogens with two attached hydrogens (primary N) is 3. The number of aromatic hydroxyl groups is 1. The average Bonchev–Trinajstić information content (AvgIpc) is 2.71. The highest BCUT2D eigenvalue weighted by Gasteiger charge is 2.28. The van der Waals surface area contributed by atoms with E-state index in [0.29, 0.717) is 19.4 Å². The summed E-state index contributed by atoms with van der Waals surface area (Å²) in [5.74, 6) is -3.19. The number of carboxylic acids is 1. The topological polar surface area (TPSA) is 211 Å². The highest BCUT2D eigenvalue weighted by molar-refractivity contribution is 5.92. The molecule has 0 aliphatic rings. The van der Waals surface area contributed by atoms with Crippen molar-refractivity contribution >= 4 is 23.7 Å². The minimum Gasteiger partial charge on any atom is -0.508 e. The lowest BCUT2D eigenvalue weighted by Crippen LogP contribution is -2.54. The second kappa shape index (κ2) is 13.2. The average molecular weight is 437 g/mol. The molecule has 3 unspecified atom stereocenters. The minimum atomic E-state index is -1.32. The highest BCUT2D eigenvalue weighted by Crippen LogP contribution is 2.11. The fraction of sp³-hybridized carbons (Fsp3) is 0.500. The van der Waals surface area contributed by atoms with E-state index in [4.69, 9.17) is 17.2 Å². The maximum atomic E-state index is 12.6. The zero-order valence-corrected chi connectivity index (χ0v) is 17.3. The minimum absolute atomic E-state index is 0.0859. The van der Waals surface area contributed by atoms with Crippen LogP contribution >= 0.6 is 0 Å². The number of benzene rings is 1. The maximum absolute atomic E-state index is 12.6. The summed E-state index contributed by atoms with van der Waals surface area (Å²) in [6, 6.07) is 2.91. The third kappa shape index (κ3) is 9.92. The lowest BCUT2D eigenvalue weighted by Gasteiger charge is -2.23. The van der Waals surface area contributed by atoms with Crippen LogP contribution in [-0.2, 0) is 25.6 Å². The van der Waals surface area contributed by atoms with Crippen molar-refractivity contribution in [3.63, 3.8) is 0 Å². The number of phenols is 1.